The SMILES string of the molecule is COC(=O)C(CC(C)C)NC(=O)C(C)NC(=O)OCC1c2ccccc2-c2ccccc21. The van der Waals surface area contributed by atoms with Crippen molar-refractivity contribution in [2.24, 2.45) is 5.92 Å². The number of hydrogen-bond acceptors (Lipinski definition) is 5. The molecule has 2 aromatic carbocycles. The van der Waals surface area contributed by atoms with Crippen LogP contribution in [0.2, 0.25) is 0 Å². The molecule has 1 aliphatic carbocycles. The minimum absolute atomic E-state index is 0.0629. The van der Waals surface area contributed by atoms with Gasteiger partial charge in [-0.1, -0.05) is 62.4 Å². The molecule has 170 valence electrons. The van der Waals surface area contributed by atoms with Crippen molar-refractivity contribution in [1.82, 2.24) is 10.6 Å². The van der Waals surface area contributed by atoms with Crippen molar-refractivity contribution in [3.05, 3.63) is 59.7 Å². The Morgan fingerprint density at radius 2 is 1.47 bits per heavy atom. The number of nitrogens with one attached hydrogen (secondary N) is 2. The number of benzene rings is 2. The first-order chi connectivity index (χ1) is 15.3. The largest absolute Gasteiger partial charge is 0.467 e. The van der Waals surface area contributed by atoms with Gasteiger partial charge < -0.3 is 20.1 Å². The number of amides is 2. The quantitative estimate of drug-likeness (QED) is 0.614. The number of rotatable bonds is 8. The summed E-state index contributed by atoms with van der Waals surface area (Å²) in [6.45, 7) is 5.59. The van der Waals surface area contributed by atoms with E-state index in [1.54, 1.807) is 6.92 Å². The van der Waals surface area contributed by atoms with E-state index in [2.05, 4.69) is 22.8 Å². The maximum Gasteiger partial charge on any atom is 0.407 e. The minimum atomic E-state index is -0.870. The van der Waals surface area contributed by atoms with E-state index < -0.39 is 30.1 Å². The summed E-state index contributed by atoms with van der Waals surface area (Å²) in [7, 11) is 1.28. The first-order valence-electron chi connectivity index (χ1n) is 10.8. The Bertz CT molecular complexity index is 942. The molecule has 2 unspecified atom stereocenters. The van der Waals surface area contributed by atoms with Gasteiger partial charge in [0.1, 0.15) is 18.7 Å². The molecule has 1 aliphatic rings. The predicted molar refractivity (Wildman–Crippen MR) is 121 cm³/mol. The van der Waals surface area contributed by atoms with Gasteiger partial charge in [0.2, 0.25) is 5.91 Å². The van der Waals surface area contributed by atoms with E-state index in [1.807, 2.05) is 50.2 Å². The molecule has 7 heteroatoms. The molecule has 0 saturated carbocycles. The van der Waals surface area contributed by atoms with E-state index in [-0.39, 0.29) is 18.4 Å². The van der Waals surface area contributed by atoms with E-state index >= 15 is 0 Å². The van der Waals surface area contributed by atoms with Crippen LogP contribution in [0.3, 0.4) is 0 Å². The molecule has 0 radical (unpaired) electrons. The number of carbonyl (C=O) groups is 3. The van der Waals surface area contributed by atoms with Gasteiger partial charge in [-0.2, -0.15) is 0 Å². The Hall–Kier alpha value is -3.35. The van der Waals surface area contributed by atoms with Gasteiger partial charge in [-0.15, -0.1) is 0 Å². The Kier molecular flexibility index (Phi) is 7.51. The highest BCUT2D eigenvalue weighted by molar-refractivity contribution is 5.89. The lowest BCUT2D eigenvalue weighted by Crippen LogP contribution is -2.51. The molecule has 0 bridgehead atoms. The molecule has 0 heterocycles. The van der Waals surface area contributed by atoms with Crippen molar-refractivity contribution in [2.45, 2.75) is 45.2 Å². The highest BCUT2D eigenvalue weighted by Crippen LogP contribution is 2.44. The van der Waals surface area contributed by atoms with Crippen LogP contribution in [-0.2, 0) is 19.1 Å². The van der Waals surface area contributed by atoms with E-state index in [1.165, 1.54) is 7.11 Å². The molecule has 32 heavy (non-hydrogen) atoms. The van der Waals surface area contributed by atoms with Crippen molar-refractivity contribution in [2.75, 3.05) is 13.7 Å². The van der Waals surface area contributed by atoms with Crippen molar-refractivity contribution in [3.8, 4) is 11.1 Å². The molecular formula is C25H30N2O5. The molecule has 0 aliphatic heterocycles. The number of esters is 1. The fourth-order valence-electron chi connectivity index (χ4n) is 4.01. The Morgan fingerprint density at radius 3 is 2.00 bits per heavy atom. The van der Waals surface area contributed by atoms with Crippen LogP contribution < -0.4 is 10.6 Å². The Labute approximate surface area is 188 Å². The molecule has 0 aromatic heterocycles. The molecule has 0 saturated heterocycles. The standard InChI is InChI=1S/C25H30N2O5/c1-15(2)13-22(24(29)31-4)27-23(28)16(3)26-25(30)32-14-21-19-11-7-5-9-17(19)18-10-6-8-12-20(18)21/h5-12,15-16,21-22H,13-14H2,1-4H3,(H,26,30)(H,27,28). The van der Waals surface area contributed by atoms with Gasteiger partial charge in [-0.05, 0) is 41.5 Å². The van der Waals surface area contributed by atoms with Gasteiger partial charge in [0.25, 0.3) is 0 Å². The van der Waals surface area contributed by atoms with Gasteiger partial charge in [0.15, 0.2) is 0 Å². The molecule has 7 nitrogen and oxygen atoms in total. The average Bonchev–Trinajstić information content (AvgIpc) is 3.10. The van der Waals surface area contributed by atoms with Crippen LogP contribution in [0.4, 0.5) is 4.79 Å². The topological polar surface area (TPSA) is 93.7 Å². The lowest BCUT2D eigenvalue weighted by atomic mass is 9.98. The summed E-state index contributed by atoms with van der Waals surface area (Å²) in [5.74, 6) is -0.869. The van der Waals surface area contributed by atoms with Crippen LogP contribution >= 0.6 is 0 Å². The molecule has 0 fully saturated rings. The zero-order valence-electron chi connectivity index (χ0n) is 18.9. The van der Waals surface area contributed by atoms with Gasteiger partial charge in [0, 0.05) is 5.92 Å². The molecule has 2 atom stereocenters. The molecule has 2 aromatic rings. The second-order valence-electron chi connectivity index (χ2n) is 8.41. The maximum absolute atomic E-state index is 12.5. The van der Waals surface area contributed by atoms with Crippen LogP contribution in [0.1, 0.15) is 44.2 Å². The molecule has 2 amide bonds. The summed E-state index contributed by atoms with van der Waals surface area (Å²) in [5.41, 5.74) is 4.51. The molecule has 0 spiro atoms. The van der Waals surface area contributed by atoms with Crippen LogP contribution in [0.25, 0.3) is 11.1 Å². The summed E-state index contributed by atoms with van der Waals surface area (Å²) in [6.07, 6.45) is -0.246. The predicted octanol–water partition coefficient (Wildman–Crippen LogP) is 3.62. The molecule has 3 rings (SSSR count). The van der Waals surface area contributed by atoms with Crippen LogP contribution in [-0.4, -0.2) is 43.8 Å². The average molecular weight is 439 g/mol. The summed E-state index contributed by atoms with van der Waals surface area (Å²) in [6, 6.07) is 14.5. The maximum atomic E-state index is 12.5. The second-order valence-corrected chi connectivity index (χ2v) is 8.41. The van der Waals surface area contributed by atoms with E-state index in [4.69, 9.17) is 9.47 Å². The number of carbonyl (C=O) groups excluding carboxylic acids is 3. The number of alkyl carbamates (subject to hydrolysis) is 1. The van der Waals surface area contributed by atoms with Gasteiger partial charge >= 0.3 is 12.1 Å². The summed E-state index contributed by atoms with van der Waals surface area (Å²) in [5, 5.41) is 5.19. The number of methoxy groups -OCH3 is 1. The Morgan fingerprint density at radius 1 is 0.906 bits per heavy atom. The number of fused-ring (bicyclic) bond motifs is 3. The van der Waals surface area contributed by atoms with Crippen molar-refractivity contribution in [3.63, 3.8) is 0 Å². The van der Waals surface area contributed by atoms with Crippen molar-refractivity contribution >= 4 is 18.0 Å². The minimum Gasteiger partial charge on any atom is -0.467 e. The zero-order valence-corrected chi connectivity index (χ0v) is 18.9. The molecular weight excluding hydrogens is 408 g/mol. The fourth-order valence-corrected chi connectivity index (χ4v) is 4.01. The first kappa shape index (κ1) is 23.3. The lowest BCUT2D eigenvalue weighted by Gasteiger charge is -2.21. The van der Waals surface area contributed by atoms with Gasteiger partial charge in [-0.25, -0.2) is 9.59 Å². The fraction of sp³-hybridized carbons (Fsp3) is 0.400. The summed E-state index contributed by atoms with van der Waals surface area (Å²) >= 11 is 0. The zero-order chi connectivity index (χ0) is 23.3. The van der Waals surface area contributed by atoms with Gasteiger partial charge in [0.05, 0.1) is 7.11 Å². The third-order valence-electron chi connectivity index (χ3n) is 5.58. The monoisotopic (exact) mass is 438 g/mol. The van der Waals surface area contributed by atoms with Crippen LogP contribution in [0, 0.1) is 5.92 Å². The van der Waals surface area contributed by atoms with E-state index in [9.17, 15) is 14.4 Å². The lowest BCUT2D eigenvalue weighted by molar-refractivity contribution is -0.145. The molecule has 2 N–H and O–H groups in total. The van der Waals surface area contributed by atoms with Gasteiger partial charge in [-0.3, -0.25) is 4.79 Å². The van der Waals surface area contributed by atoms with E-state index in [0.717, 1.165) is 22.3 Å². The Balaban J connectivity index is 1.58. The third-order valence-corrected chi connectivity index (χ3v) is 5.58. The van der Waals surface area contributed by atoms with Crippen molar-refractivity contribution in [1.29, 1.82) is 0 Å². The summed E-state index contributed by atoms with van der Waals surface area (Å²) < 4.78 is 10.2. The highest BCUT2D eigenvalue weighted by atomic mass is 16.5. The van der Waals surface area contributed by atoms with Crippen molar-refractivity contribution < 1.29 is 23.9 Å². The van der Waals surface area contributed by atoms with E-state index in [0.29, 0.717) is 6.42 Å². The van der Waals surface area contributed by atoms with Crippen LogP contribution in [0.5, 0.6) is 0 Å². The number of ether oxygens (including phenoxy) is 2. The number of hydrogen-bond donors (Lipinski definition) is 2. The second kappa shape index (κ2) is 10.3. The first-order valence-corrected chi connectivity index (χ1v) is 10.8. The smallest absolute Gasteiger partial charge is 0.407 e. The normalized spacial score (nSPS) is 14.2. The van der Waals surface area contributed by atoms with Crippen LogP contribution in [0.15, 0.2) is 48.5 Å². The highest BCUT2D eigenvalue weighted by Gasteiger charge is 2.30. The summed E-state index contributed by atoms with van der Waals surface area (Å²) in [4.78, 5) is 36.8. The third kappa shape index (κ3) is 5.28.